The number of aromatic nitrogens is 1. The number of aliphatic hydroxyl groups excluding tert-OH is 1. The summed E-state index contributed by atoms with van der Waals surface area (Å²) in [5.41, 5.74) is 8.71. The summed E-state index contributed by atoms with van der Waals surface area (Å²) >= 11 is 3.91. The number of carboxylic acids is 1. The van der Waals surface area contributed by atoms with Crippen LogP contribution in [0, 0.1) is 0 Å². The van der Waals surface area contributed by atoms with Crippen molar-refractivity contribution in [2.45, 2.75) is 50.0 Å². The molecule has 0 bridgehead atoms. The van der Waals surface area contributed by atoms with E-state index in [9.17, 15) is 29.4 Å². The number of carboxylic acid groups (broad SMARTS) is 1. The Balaban J connectivity index is 1.75. The number of fused-ring (bicyclic) bond motifs is 1. The average molecular weight is 556 g/mol. The number of amides is 3. The fourth-order valence-corrected chi connectivity index (χ4v) is 4.32. The van der Waals surface area contributed by atoms with E-state index >= 15 is 0 Å². The van der Waals surface area contributed by atoms with E-state index in [1.807, 2.05) is 30.3 Å². The lowest BCUT2D eigenvalue weighted by atomic mass is 10.0. The number of thiol groups is 1. The highest BCUT2D eigenvalue weighted by atomic mass is 32.1. The van der Waals surface area contributed by atoms with Gasteiger partial charge in [-0.2, -0.15) is 12.6 Å². The van der Waals surface area contributed by atoms with E-state index < -0.39 is 54.0 Å². The molecule has 1 aromatic heterocycles. The summed E-state index contributed by atoms with van der Waals surface area (Å²) < 4.78 is 0. The highest BCUT2D eigenvalue weighted by Crippen LogP contribution is 2.19. The maximum atomic E-state index is 13.3. The van der Waals surface area contributed by atoms with Gasteiger partial charge in [-0.3, -0.25) is 14.4 Å². The summed E-state index contributed by atoms with van der Waals surface area (Å²) in [5.74, 6) is -3.73. The van der Waals surface area contributed by atoms with Crippen molar-refractivity contribution >= 4 is 47.2 Å². The Bertz CT molecular complexity index is 1300. The van der Waals surface area contributed by atoms with Gasteiger partial charge in [0.2, 0.25) is 17.7 Å². The van der Waals surface area contributed by atoms with Gasteiger partial charge in [-0.05, 0) is 30.5 Å². The Kier molecular flexibility index (Phi) is 10.5. The standard InChI is InChI=1S/C27H33N5O6S/c1-15(33)23(26(36)31-22(14-39)27(37)38)32-25(35)21(11-16-7-3-2-4-8-16)30-24(34)19(28)12-17-13-29-20-10-6-5-9-18(17)20/h2-10,13,15,19,21-23,29,33,39H,11-12,14,28H2,1H3,(H,30,34)(H,31,36)(H,32,35)(H,37,38). The van der Waals surface area contributed by atoms with Crippen LogP contribution >= 0.6 is 12.6 Å². The number of rotatable bonds is 13. The number of H-pyrrole nitrogens is 1. The van der Waals surface area contributed by atoms with Crippen LogP contribution in [0.4, 0.5) is 0 Å². The molecule has 3 amide bonds. The van der Waals surface area contributed by atoms with Gasteiger partial charge in [0.1, 0.15) is 18.1 Å². The number of nitrogens with one attached hydrogen (secondary N) is 4. The number of hydrogen-bond donors (Lipinski definition) is 8. The van der Waals surface area contributed by atoms with Crippen LogP contribution in [-0.4, -0.2) is 74.9 Å². The molecule has 12 heteroatoms. The van der Waals surface area contributed by atoms with Gasteiger partial charge < -0.3 is 36.9 Å². The Labute approximate surface area is 231 Å². The van der Waals surface area contributed by atoms with Gasteiger partial charge in [-0.1, -0.05) is 48.5 Å². The van der Waals surface area contributed by atoms with Crippen molar-refractivity contribution in [2.24, 2.45) is 5.73 Å². The van der Waals surface area contributed by atoms with Gasteiger partial charge in [0.15, 0.2) is 0 Å². The average Bonchev–Trinajstić information content (AvgIpc) is 3.32. The van der Waals surface area contributed by atoms with Crippen LogP contribution in [0.2, 0.25) is 0 Å². The first-order chi connectivity index (χ1) is 18.6. The topological polar surface area (TPSA) is 187 Å². The van der Waals surface area contributed by atoms with Crippen LogP contribution in [0.1, 0.15) is 18.1 Å². The van der Waals surface area contributed by atoms with Gasteiger partial charge in [0.25, 0.3) is 0 Å². The molecule has 0 radical (unpaired) electrons. The van der Waals surface area contributed by atoms with Crippen molar-refractivity contribution in [1.82, 2.24) is 20.9 Å². The maximum Gasteiger partial charge on any atom is 0.327 e. The Morgan fingerprint density at radius 2 is 1.54 bits per heavy atom. The Morgan fingerprint density at radius 3 is 2.18 bits per heavy atom. The van der Waals surface area contributed by atoms with Gasteiger partial charge >= 0.3 is 5.97 Å². The van der Waals surface area contributed by atoms with E-state index in [2.05, 4.69) is 33.6 Å². The van der Waals surface area contributed by atoms with Crippen LogP contribution in [-0.2, 0) is 32.0 Å². The smallest absolute Gasteiger partial charge is 0.327 e. The van der Waals surface area contributed by atoms with Crippen molar-refractivity contribution in [3.8, 4) is 0 Å². The molecule has 3 aromatic rings. The first-order valence-corrected chi connectivity index (χ1v) is 13.0. The van der Waals surface area contributed by atoms with Crippen molar-refractivity contribution in [2.75, 3.05) is 5.75 Å². The second-order valence-electron chi connectivity index (χ2n) is 9.23. The Morgan fingerprint density at radius 1 is 0.897 bits per heavy atom. The predicted octanol–water partition coefficient (Wildman–Crippen LogP) is 0.130. The summed E-state index contributed by atoms with van der Waals surface area (Å²) in [6, 6.07) is 11.6. The molecule has 0 spiro atoms. The molecule has 0 aliphatic rings. The van der Waals surface area contributed by atoms with Crippen molar-refractivity contribution in [3.05, 3.63) is 71.9 Å². The molecule has 39 heavy (non-hydrogen) atoms. The van der Waals surface area contributed by atoms with Crippen molar-refractivity contribution in [3.63, 3.8) is 0 Å². The van der Waals surface area contributed by atoms with Gasteiger partial charge in [0.05, 0.1) is 12.1 Å². The fraction of sp³-hybridized carbons (Fsp3) is 0.333. The van der Waals surface area contributed by atoms with Crippen molar-refractivity contribution in [1.29, 1.82) is 0 Å². The molecule has 0 aliphatic carbocycles. The lowest BCUT2D eigenvalue weighted by molar-refractivity contribution is -0.142. The number of hydrogen-bond acceptors (Lipinski definition) is 7. The molecular weight excluding hydrogens is 522 g/mol. The summed E-state index contributed by atoms with van der Waals surface area (Å²) in [4.78, 5) is 53.5. The zero-order chi connectivity index (χ0) is 28.5. The minimum absolute atomic E-state index is 0.0841. The number of carbonyl (C=O) groups is 4. The molecule has 2 aromatic carbocycles. The largest absolute Gasteiger partial charge is 0.480 e. The summed E-state index contributed by atoms with van der Waals surface area (Å²) in [6.45, 7) is 1.28. The second-order valence-corrected chi connectivity index (χ2v) is 9.60. The molecule has 3 rings (SSSR count). The molecule has 5 unspecified atom stereocenters. The molecule has 208 valence electrons. The molecular formula is C27H33N5O6S. The number of aliphatic hydroxyl groups is 1. The van der Waals surface area contributed by atoms with E-state index in [1.165, 1.54) is 6.92 Å². The summed E-state index contributed by atoms with van der Waals surface area (Å²) in [5, 5.41) is 27.7. The van der Waals surface area contributed by atoms with Gasteiger partial charge in [-0.15, -0.1) is 0 Å². The zero-order valence-corrected chi connectivity index (χ0v) is 22.2. The van der Waals surface area contributed by atoms with Crippen LogP contribution in [0.15, 0.2) is 60.8 Å². The molecule has 1 heterocycles. The lowest BCUT2D eigenvalue weighted by Gasteiger charge is -2.26. The highest BCUT2D eigenvalue weighted by molar-refractivity contribution is 7.80. The molecule has 5 atom stereocenters. The molecule has 0 aliphatic heterocycles. The molecule has 11 nitrogen and oxygen atoms in total. The first-order valence-electron chi connectivity index (χ1n) is 12.4. The Hall–Kier alpha value is -3.87. The third kappa shape index (κ3) is 8.06. The summed E-state index contributed by atoms with van der Waals surface area (Å²) in [6.07, 6.45) is 0.725. The van der Waals surface area contributed by atoms with Crippen molar-refractivity contribution < 1.29 is 29.4 Å². The zero-order valence-electron chi connectivity index (χ0n) is 21.3. The van der Waals surface area contributed by atoms with Crippen LogP contribution in [0.3, 0.4) is 0 Å². The number of benzene rings is 2. The first kappa shape index (κ1) is 29.7. The molecule has 8 N–H and O–H groups in total. The van der Waals surface area contributed by atoms with Crippen LogP contribution in [0.25, 0.3) is 10.9 Å². The molecule has 0 fully saturated rings. The third-order valence-electron chi connectivity index (χ3n) is 6.23. The van der Waals surface area contributed by atoms with Crippen LogP contribution in [0.5, 0.6) is 0 Å². The SMILES string of the molecule is CC(O)C(NC(=O)C(Cc1ccccc1)NC(=O)C(N)Cc1c[nH]c2ccccc12)C(=O)NC(CS)C(=O)O. The lowest BCUT2D eigenvalue weighted by Crippen LogP contribution is -2.60. The number of carbonyl (C=O) groups excluding carboxylic acids is 3. The number of aromatic amines is 1. The quantitative estimate of drug-likeness (QED) is 0.138. The predicted molar refractivity (Wildman–Crippen MR) is 149 cm³/mol. The second kappa shape index (κ2) is 13.8. The monoisotopic (exact) mass is 555 g/mol. The molecule has 0 saturated carbocycles. The van der Waals surface area contributed by atoms with Gasteiger partial charge in [0, 0.05) is 29.3 Å². The third-order valence-corrected chi connectivity index (χ3v) is 6.59. The van der Waals surface area contributed by atoms with Crippen LogP contribution < -0.4 is 21.7 Å². The highest BCUT2D eigenvalue weighted by Gasteiger charge is 2.32. The van der Waals surface area contributed by atoms with Gasteiger partial charge in [-0.25, -0.2) is 4.79 Å². The number of aliphatic carboxylic acids is 1. The number of para-hydroxylation sites is 1. The normalized spacial score (nSPS) is 15.0. The maximum absolute atomic E-state index is 13.3. The van der Waals surface area contributed by atoms with E-state index in [0.29, 0.717) is 0 Å². The fourth-order valence-electron chi connectivity index (χ4n) is 4.07. The minimum atomic E-state index is -1.48. The van der Waals surface area contributed by atoms with E-state index in [1.54, 1.807) is 30.5 Å². The van der Waals surface area contributed by atoms with E-state index in [0.717, 1.165) is 22.0 Å². The van der Waals surface area contributed by atoms with E-state index in [-0.39, 0.29) is 18.6 Å². The molecule has 0 saturated heterocycles. The number of nitrogens with two attached hydrogens (primary N) is 1. The minimum Gasteiger partial charge on any atom is -0.480 e. The summed E-state index contributed by atoms with van der Waals surface area (Å²) in [7, 11) is 0. The van der Waals surface area contributed by atoms with E-state index in [4.69, 9.17) is 5.73 Å².